The quantitative estimate of drug-likeness (QED) is 0.387. The predicted octanol–water partition coefficient (Wildman–Crippen LogP) is 3.01. The van der Waals surface area contributed by atoms with Gasteiger partial charge in [-0.3, -0.25) is 4.90 Å². The number of nitrogens with zero attached hydrogens (tertiary/aromatic N) is 3. The van der Waals surface area contributed by atoms with Gasteiger partial charge in [-0.05, 0) is 25.8 Å². The monoisotopic (exact) mass is 469 g/mol. The molecular formula is C19H28IN5O. The number of aromatic nitrogens is 1. The first-order chi connectivity index (χ1) is 12.2. The van der Waals surface area contributed by atoms with Crippen LogP contribution in [0.1, 0.15) is 31.5 Å². The third-order valence-electron chi connectivity index (χ3n) is 4.51. The van der Waals surface area contributed by atoms with Gasteiger partial charge in [-0.15, -0.1) is 24.0 Å². The third-order valence-corrected chi connectivity index (χ3v) is 4.51. The van der Waals surface area contributed by atoms with Crippen LogP contribution in [0, 0.1) is 0 Å². The van der Waals surface area contributed by atoms with Crippen LogP contribution in [0.15, 0.2) is 52.2 Å². The fourth-order valence-corrected chi connectivity index (χ4v) is 3.23. The van der Waals surface area contributed by atoms with Crippen LogP contribution in [-0.4, -0.2) is 41.2 Å². The molecule has 2 aromatic rings. The molecule has 7 heteroatoms. The number of guanidine groups is 1. The summed E-state index contributed by atoms with van der Waals surface area (Å²) in [5.74, 6) is 0.837. The highest BCUT2D eigenvalue weighted by atomic mass is 127. The summed E-state index contributed by atoms with van der Waals surface area (Å²) in [5.41, 5.74) is 2.20. The van der Waals surface area contributed by atoms with Gasteiger partial charge in [-0.2, -0.15) is 0 Å². The first-order valence-corrected chi connectivity index (χ1v) is 8.96. The summed E-state index contributed by atoms with van der Waals surface area (Å²) in [4.78, 5) is 7.13. The van der Waals surface area contributed by atoms with Gasteiger partial charge >= 0.3 is 0 Å². The summed E-state index contributed by atoms with van der Waals surface area (Å²) in [6.07, 6.45) is 2.69. The van der Waals surface area contributed by atoms with Crippen molar-refractivity contribution < 1.29 is 4.52 Å². The molecule has 6 nitrogen and oxygen atoms in total. The average Bonchev–Trinajstić information content (AvgIpc) is 3.24. The number of benzene rings is 1. The Morgan fingerprint density at radius 1 is 1.31 bits per heavy atom. The van der Waals surface area contributed by atoms with Crippen molar-refractivity contribution >= 4 is 29.9 Å². The highest BCUT2D eigenvalue weighted by Crippen LogP contribution is 2.20. The Kier molecular flexibility index (Phi) is 8.37. The molecule has 3 rings (SSSR count). The molecule has 1 fully saturated rings. The SMILES string of the molecule is CCNC(=NCc1ccon1)NC1CC(C)N(Cc2ccccc2)C1.I. The zero-order valence-corrected chi connectivity index (χ0v) is 17.7. The largest absolute Gasteiger partial charge is 0.364 e. The van der Waals surface area contributed by atoms with Gasteiger partial charge in [0.15, 0.2) is 5.96 Å². The van der Waals surface area contributed by atoms with E-state index in [2.05, 4.69) is 69.9 Å². The molecule has 0 amide bonds. The van der Waals surface area contributed by atoms with Crippen LogP contribution < -0.4 is 10.6 Å². The molecule has 0 spiro atoms. The van der Waals surface area contributed by atoms with E-state index in [-0.39, 0.29) is 24.0 Å². The smallest absolute Gasteiger partial charge is 0.191 e. The zero-order valence-electron chi connectivity index (χ0n) is 15.4. The first-order valence-electron chi connectivity index (χ1n) is 8.96. The van der Waals surface area contributed by atoms with Crippen molar-refractivity contribution in [3.05, 3.63) is 53.9 Å². The van der Waals surface area contributed by atoms with Crippen molar-refractivity contribution in [2.45, 2.75) is 45.4 Å². The van der Waals surface area contributed by atoms with Crippen LogP contribution in [0.2, 0.25) is 0 Å². The topological polar surface area (TPSA) is 65.7 Å². The maximum absolute atomic E-state index is 4.86. The standard InChI is InChI=1S/C19H27N5O.HI/c1-3-20-19(21-12-17-9-10-25-23-17)22-18-11-15(2)24(14-18)13-16-7-5-4-6-8-16;/h4-10,15,18H,3,11-14H2,1-2H3,(H2,20,21,22);1H. The minimum atomic E-state index is 0. The van der Waals surface area contributed by atoms with Crippen molar-refractivity contribution in [1.82, 2.24) is 20.7 Å². The summed E-state index contributed by atoms with van der Waals surface area (Å²) in [5, 5.41) is 10.8. The van der Waals surface area contributed by atoms with E-state index in [4.69, 9.17) is 4.52 Å². The van der Waals surface area contributed by atoms with Crippen molar-refractivity contribution in [3.63, 3.8) is 0 Å². The summed E-state index contributed by atoms with van der Waals surface area (Å²) in [6, 6.07) is 13.4. The van der Waals surface area contributed by atoms with E-state index in [0.29, 0.717) is 18.6 Å². The van der Waals surface area contributed by atoms with E-state index in [1.807, 2.05) is 6.07 Å². The van der Waals surface area contributed by atoms with Crippen molar-refractivity contribution in [1.29, 1.82) is 0 Å². The molecule has 1 aliphatic rings. The van der Waals surface area contributed by atoms with Gasteiger partial charge in [0.25, 0.3) is 0 Å². The summed E-state index contributed by atoms with van der Waals surface area (Å²) < 4.78 is 4.86. The maximum Gasteiger partial charge on any atom is 0.191 e. The molecule has 2 atom stereocenters. The number of halogens is 1. The highest BCUT2D eigenvalue weighted by Gasteiger charge is 2.29. The number of likely N-dealkylation sites (tertiary alicyclic amines) is 1. The Balaban J connectivity index is 0.00000243. The number of rotatable bonds is 6. The molecule has 2 N–H and O–H groups in total. The van der Waals surface area contributed by atoms with E-state index in [1.165, 1.54) is 5.56 Å². The van der Waals surface area contributed by atoms with Gasteiger partial charge < -0.3 is 15.2 Å². The normalized spacial score (nSPS) is 20.6. The highest BCUT2D eigenvalue weighted by molar-refractivity contribution is 14.0. The molecular weight excluding hydrogens is 441 g/mol. The molecule has 1 aromatic heterocycles. The molecule has 1 saturated heterocycles. The molecule has 142 valence electrons. The van der Waals surface area contributed by atoms with Crippen LogP contribution in [0.4, 0.5) is 0 Å². The minimum absolute atomic E-state index is 0. The van der Waals surface area contributed by atoms with E-state index in [1.54, 1.807) is 6.26 Å². The van der Waals surface area contributed by atoms with Crippen molar-refractivity contribution in [2.24, 2.45) is 4.99 Å². The van der Waals surface area contributed by atoms with E-state index in [9.17, 15) is 0 Å². The van der Waals surface area contributed by atoms with Crippen LogP contribution in [0.5, 0.6) is 0 Å². The molecule has 0 radical (unpaired) electrons. The lowest BCUT2D eigenvalue weighted by Gasteiger charge is -2.21. The molecule has 26 heavy (non-hydrogen) atoms. The molecule has 0 bridgehead atoms. The second kappa shape index (κ2) is 10.5. The number of aliphatic imine (C=N–C) groups is 1. The van der Waals surface area contributed by atoms with Crippen LogP contribution in [0.25, 0.3) is 0 Å². The molecule has 0 aliphatic carbocycles. The Morgan fingerprint density at radius 2 is 2.12 bits per heavy atom. The van der Waals surface area contributed by atoms with Gasteiger partial charge in [0, 0.05) is 37.8 Å². The summed E-state index contributed by atoms with van der Waals surface area (Å²) >= 11 is 0. The average molecular weight is 469 g/mol. The molecule has 1 aromatic carbocycles. The van der Waals surface area contributed by atoms with E-state index >= 15 is 0 Å². The van der Waals surface area contributed by atoms with Crippen LogP contribution in [0.3, 0.4) is 0 Å². The van der Waals surface area contributed by atoms with Gasteiger partial charge in [0.05, 0.1) is 6.54 Å². The van der Waals surface area contributed by atoms with Gasteiger partial charge in [-0.1, -0.05) is 35.5 Å². The Labute approximate surface area is 172 Å². The molecule has 1 aliphatic heterocycles. The Hall–Kier alpha value is -1.61. The summed E-state index contributed by atoms with van der Waals surface area (Å²) in [6.45, 7) is 7.73. The number of hydrogen-bond acceptors (Lipinski definition) is 4. The van der Waals surface area contributed by atoms with Gasteiger partial charge in [-0.25, -0.2) is 4.99 Å². The lowest BCUT2D eigenvalue weighted by atomic mass is 10.2. The zero-order chi connectivity index (χ0) is 17.5. The molecule has 0 saturated carbocycles. The second-order valence-electron chi connectivity index (χ2n) is 6.53. The molecule has 2 unspecified atom stereocenters. The predicted molar refractivity (Wildman–Crippen MR) is 115 cm³/mol. The Morgan fingerprint density at radius 3 is 2.81 bits per heavy atom. The van der Waals surface area contributed by atoms with E-state index < -0.39 is 0 Å². The lowest BCUT2D eigenvalue weighted by molar-refractivity contribution is 0.258. The van der Waals surface area contributed by atoms with Crippen molar-refractivity contribution in [2.75, 3.05) is 13.1 Å². The van der Waals surface area contributed by atoms with Crippen LogP contribution in [-0.2, 0) is 13.1 Å². The van der Waals surface area contributed by atoms with Gasteiger partial charge in [0.1, 0.15) is 12.0 Å². The van der Waals surface area contributed by atoms with E-state index in [0.717, 1.165) is 37.7 Å². The molecule has 2 heterocycles. The lowest BCUT2D eigenvalue weighted by Crippen LogP contribution is -2.44. The third kappa shape index (κ3) is 5.98. The maximum atomic E-state index is 4.86. The second-order valence-corrected chi connectivity index (χ2v) is 6.53. The number of hydrogen-bond donors (Lipinski definition) is 2. The van der Waals surface area contributed by atoms with Crippen LogP contribution >= 0.6 is 24.0 Å². The minimum Gasteiger partial charge on any atom is -0.364 e. The first kappa shape index (κ1) is 20.7. The van der Waals surface area contributed by atoms with Gasteiger partial charge in [0.2, 0.25) is 0 Å². The Bertz CT molecular complexity index is 662. The fourth-order valence-electron chi connectivity index (χ4n) is 3.23. The van der Waals surface area contributed by atoms with Crippen molar-refractivity contribution in [3.8, 4) is 0 Å². The summed E-state index contributed by atoms with van der Waals surface area (Å²) in [7, 11) is 0. The fraction of sp³-hybridized carbons (Fsp3) is 0.474. The number of nitrogens with one attached hydrogen (secondary N) is 2.